The quantitative estimate of drug-likeness (QED) is 0.470. The molecule has 0 atom stereocenters. The highest BCUT2D eigenvalue weighted by Crippen LogP contribution is 2.07. The van der Waals surface area contributed by atoms with Crippen LogP contribution in [-0.2, 0) is 9.53 Å². The molecule has 0 aromatic carbocycles. The van der Waals surface area contributed by atoms with Gasteiger partial charge in [0.05, 0.1) is 6.61 Å². The molecule has 3 heteroatoms. The maximum atomic E-state index is 10.9. The normalized spacial score (nSPS) is 9.64. The number of carbonyl (C=O) groups excluding carboxylic acids is 1. The molecule has 0 aliphatic heterocycles. The van der Waals surface area contributed by atoms with Crippen LogP contribution >= 0.6 is 11.8 Å². The van der Waals surface area contributed by atoms with E-state index in [4.69, 9.17) is 4.74 Å². The second-order valence-corrected chi connectivity index (χ2v) is 3.18. The number of carbonyl (C=O) groups is 1. The molecular formula is C8H14O2S. The van der Waals surface area contributed by atoms with Gasteiger partial charge < -0.3 is 4.74 Å². The summed E-state index contributed by atoms with van der Waals surface area (Å²) in [5, 5.41) is 0.0599. The Morgan fingerprint density at radius 3 is 2.73 bits per heavy atom. The van der Waals surface area contributed by atoms with E-state index in [-0.39, 0.29) is 5.12 Å². The Balaban J connectivity index is 3.25. The molecule has 64 valence electrons. The van der Waals surface area contributed by atoms with Gasteiger partial charge in [-0.15, -0.1) is 0 Å². The fourth-order valence-electron chi connectivity index (χ4n) is 0.461. The third kappa shape index (κ3) is 6.13. The maximum absolute atomic E-state index is 10.9. The molecule has 0 rings (SSSR count). The van der Waals surface area contributed by atoms with Crippen molar-refractivity contribution in [1.29, 1.82) is 0 Å². The molecule has 0 saturated carbocycles. The van der Waals surface area contributed by atoms with Crippen molar-refractivity contribution in [2.45, 2.75) is 13.8 Å². The van der Waals surface area contributed by atoms with E-state index in [1.54, 1.807) is 6.92 Å². The Kier molecular flexibility index (Phi) is 6.27. The van der Waals surface area contributed by atoms with Crippen molar-refractivity contribution in [3.8, 4) is 0 Å². The number of ether oxygens (including phenoxy) is 1. The predicted octanol–water partition coefficient (Wildman–Crippen LogP) is 1.86. The SMILES string of the molecule is C=C(C)C(=O)SCCOCC. The second kappa shape index (κ2) is 6.43. The molecule has 0 heterocycles. The smallest absolute Gasteiger partial charge is 0.214 e. The van der Waals surface area contributed by atoms with Crippen molar-refractivity contribution in [1.82, 2.24) is 0 Å². The molecule has 0 spiro atoms. The zero-order valence-electron chi connectivity index (χ0n) is 7.05. The average Bonchev–Trinajstić information content (AvgIpc) is 1.97. The van der Waals surface area contributed by atoms with Gasteiger partial charge in [0.1, 0.15) is 0 Å². The van der Waals surface area contributed by atoms with Crippen LogP contribution < -0.4 is 0 Å². The fraction of sp³-hybridized carbons (Fsp3) is 0.625. The Morgan fingerprint density at radius 2 is 2.27 bits per heavy atom. The van der Waals surface area contributed by atoms with E-state index in [9.17, 15) is 4.79 Å². The summed E-state index contributed by atoms with van der Waals surface area (Å²) in [7, 11) is 0. The Bertz CT molecular complexity index is 143. The van der Waals surface area contributed by atoms with E-state index >= 15 is 0 Å². The highest BCUT2D eigenvalue weighted by molar-refractivity contribution is 8.14. The number of hydrogen-bond donors (Lipinski definition) is 0. The van der Waals surface area contributed by atoms with Gasteiger partial charge in [0.15, 0.2) is 0 Å². The van der Waals surface area contributed by atoms with Crippen LogP contribution in [0, 0.1) is 0 Å². The first-order chi connectivity index (χ1) is 5.18. The second-order valence-electron chi connectivity index (χ2n) is 2.11. The minimum atomic E-state index is 0.0599. The lowest BCUT2D eigenvalue weighted by Crippen LogP contribution is -2.00. The van der Waals surface area contributed by atoms with E-state index in [0.717, 1.165) is 5.75 Å². The zero-order valence-corrected chi connectivity index (χ0v) is 7.87. The standard InChI is InChI=1S/C8H14O2S/c1-4-10-5-6-11-8(9)7(2)3/h2,4-6H2,1,3H3. The van der Waals surface area contributed by atoms with Crippen molar-refractivity contribution >= 4 is 16.9 Å². The Morgan fingerprint density at radius 1 is 1.64 bits per heavy atom. The molecule has 2 nitrogen and oxygen atoms in total. The lowest BCUT2D eigenvalue weighted by atomic mass is 10.4. The van der Waals surface area contributed by atoms with Crippen molar-refractivity contribution in [3.63, 3.8) is 0 Å². The van der Waals surface area contributed by atoms with Crippen LogP contribution in [-0.4, -0.2) is 24.1 Å². The number of thioether (sulfide) groups is 1. The molecule has 0 radical (unpaired) electrons. The minimum Gasteiger partial charge on any atom is -0.381 e. The van der Waals surface area contributed by atoms with Crippen LogP contribution in [0.4, 0.5) is 0 Å². The summed E-state index contributed by atoms with van der Waals surface area (Å²) < 4.78 is 5.06. The van der Waals surface area contributed by atoms with E-state index in [2.05, 4.69) is 6.58 Å². The van der Waals surface area contributed by atoms with Gasteiger partial charge in [0.2, 0.25) is 5.12 Å². The molecule has 0 aromatic heterocycles. The van der Waals surface area contributed by atoms with E-state index in [1.807, 2.05) is 6.92 Å². The van der Waals surface area contributed by atoms with Gasteiger partial charge in [-0.1, -0.05) is 18.3 Å². The third-order valence-electron chi connectivity index (χ3n) is 1.01. The summed E-state index contributed by atoms with van der Waals surface area (Å²) in [6.45, 7) is 8.55. The number of rotatable bonds is 5. The Labute approximate surface area is 72.0 Å². The highest BCUT2D eigenvalue weighted by atomic mass is 32.2. The summed E-state index contributed by atoms with van der Waals surface area (Å²) >= 11 is 1.26. The van der Waals surface area contributed by atoms with Gasteiger partial charge in [-0.3, -0.25) is 4.79 Å². The van der Waals surface area contributed by atoms with Crippen molar-refractivity contribution in [3.05, 3.63) is 12.2 Å². The van der Waals surface area contributed by atoms with Crippen molar-refractivity contribution < 1.29 is 9.53 Å². The fourth-order valence-corrected chi connectivity index (χ4v) is 1.09. The van der Waals surface area contributed by atoms with Crippen LogP contribution in [0.15, 0.2) is 12.2 Å². The van der Waals surface area contributed by atoms with Gasteiger partial charge in [-0.25, -0.2) is 0 Å². The largest absolute Gasteiger partial charge is 0.381 e. The molecule has 0 fully saturated rings. The summed E-state index contributed by atoms with van der Waals surface area (Å²) in [5.74, 6) is 0.722. The molecule has 0 bridgehead atoms. The van der Waals surface area contributed by atoms with E-state index in [1.165, 1.54) is 11.8 Å². The first-order valence-corrected chi connectivity index (χ1v) is 4.57. The lowest BCUT2D eigenvalue weighted by molar-refractivity contribution is -0.107. The van der Waals surface area contributed by atoms with E-state index in [0.29, 0.717) is 18.8 Å². The van der Waals surface area contributed by atoms with E-state index < -0.39 is 0 Å². The third-order valence-corrected chi connectivity index (χ3v) is 1.99. The first-order valence-electron chi connectivity index (χ1n) is 3.58. The zero-order chi connectivity index (χ0) is 8.69. The van der Waals surface area contributed by atoms with Crippen LogP contribution in [0.2, 0.25) is 0 Å². The average molecular weight is 174 g/mol. The van der Waals surface area contributed by atoms with Crippen molar-refractivity contribution in [2.75, 3.05) is 19.0 Å². The van der Waals surface area contributed by atoms with Gasteiger partial charge in [-0.05, 0) is 19.4 Å². The van der Waals surface area contributed by atoms with Crippen LogP contribution in [0.1, 0.15) is 13.8 Å². The molecule has 0 aromatic rings. The molecule has 0 unspecified atom stereocenters. The van der Waals surface area contributed by atoms with Crippen molar-refractivity contribution in [2.24, 2.45) is 0 Å². The van der Waals surface area contributed by atoms with Crippen LogP contribution in [0.5, 0.6) is 0 Å². The molecule has 0 aliphatic carbocycles. The molecule has 11 heavy (non-hydrogen) atoms. The predicted molar refractivity (Wildman–Crippen MR) is 48.8 cm³/mol. The number of hydrogen-bond acceptors (Lipinski definition) is 3. The monoisotopic (exact) mass is 174 g/mol. The molecule has 0 saturated heterocycles. The minimum absolute atomic E-state index is 0.0599. The van der Waals surface area contributed by atoms with Gasteiger partial charge in [-0.2, -0.15) is 0 Å². The Hall–Kier alpha value is -0.280. The summed E-state index contributed by atoms with van der Waals surface area (Å²) in [6.07, 6.45) is 0. The summed E-state index contributed by atoms with van der Waals surface area (Å²) in [4.78, 5) is 10.9. The first kappa shape index (κ1) is 10.7. The topological polar surface area (TPSA) is 26.3 Å². The van der Waals surface area contributed by atoms with Crippen LogP contribution in [0.3, 0.4) is 0 Å². The highest BCUT2D eigenvalue weighted by Gasteiger charge is 2.01. The lowest BCUT2D eigenvalue weighted by Gasteiger charge is -1.99. The summed E-state index contributed by atoms with van der Waals surface area (Å²) in [6, 6.07) is 0. The molecule has 0 amide bonds. The van der Waals surface area contributed by atoms with Crippen LogP contribution in [0.25, 0.3) is 0 Å². The maximum Gasteiger partial charge on any atom is 0.214 e. The molecular weight excluding hydrogens is 160 g/mol. The molecule has 0 aliphatic rings. The van der Waals surface area contributed by atoms with Gasteiger partial charge >= 0.3 is 0 Å². The van der Waals surface area contributed by atoms with Gasteiger partial charge in [0.25, 0.3) is 0 Å². The summed E-state index contributed by atoms with van der Waals surface area (Å²) in [5.41, 5.74) is 0.603. The molecule has 0 N–H and O–H groups in total. The van der Waals surface area contributed by atoms with Gasteiger partial charge in [0, 0.05) is 12.4 Å².